The largest absolute Gasteiger partial charge is 0.480 e. The third kappa shape index (κ3) is 4.91. The molecule has 0 aromatic heterocycles. The molecule has 3 aromatic carbocycles. The quantitative estimate of drug-likeness (QED) is 0.492. The van der Waals surface area contributed by atoms with Crippen LogP contribution < -0.4 is 0 Å². The number of nitrogens with zero attached hydrogens (tertiary/aromatic N) is 2. The molecule has 3 aromatic rings. The van der Waals surface area contributed by atoms with E-state index < -0.39 is 11.5 Å². The molecule has 0 radical (unpaired) electrons. The normalized spacial score (nSPS) is 23.7. The van der Waals surface area contributed by atoms with E-state index >= 15 is 0 Å². The summed E-state index contributed by atoms with van der Waals surface area (Å²) in [6.45, 7) is 6.64. The SMILES string of the molecule is CC(C(=O)O)(c1ccccc1)N1CC(CN2CCC(c3ccccc3)CC2)C(c2ccccc2)C1. The van der Waals surface area contributed by atoms with Gasteiger partial charge in [-0.1, -0.05) is 91.0 Å². The molecule has 182 valence electrons. The Labute approximate surface area is 209 Å². The zero-order chi connectivity index (χ0) is 24.3. The molecule has 0 bridgehead atoms. The van der Waals surface area contributed by atoms with Crippen molar-refractivity contribution in [2.24, 2.45) is 5.92 Å². The van der Waals surface area contributed by atoms with Crippen LogP contribution in [0, 0.1) is 5.92 Å². The van der Waals surface area contributed by atoms with E-state index in [0.29, 0.717) is 17.8 Å². The summed E-state index contributed by atoms with van der Waals surface area (Å²) in [7, 11) is 0. The highest BCUT2D eigenvalue weighted by Crippen LogP contribution is 2.41. The number of hydrogen-bond donors (Lipinski definition) is 1. The van der Waals surface area contributed by atoms with Crippen LogP contribution in [0.3, 0.4) is 0 Å². The molecular weight excluding hydrogens is 432 g/mol. The first kappa shape index (κ1) is 23.8. The number of rotatable bonds is 7. The van der Waals surface area contributed by atoms with Gasteiger partial charge < -0.3 is 10.0 Å². The number of piperidine rings is 1. The third-order valence-corrected chi connectivity index (χ3v) is 8.40. The summed E-state index contributed by atoms with van der Waals surface area (Å²) in [6, 6.07) is 31.3. The van der Waals surface area contributed by atoms with Crippen molar-refractivity contribution in [3.05, 3.63) is 108 Å². The Balaban J connectivity index is 1.34. The number of carboxylic acid groups (broad SMARTS) is 1. The van der Waals surface area contributed by atoms with Gasteiger partial charge in [-0.3, -0.25) is 4.90 Å². The van der Waals surface area contributed by atoms with Gasteiger partial charge in [0.2, 0.25) is 0 Å². The summed E-state index contributed by atoms with van der Waals surface area (Å²) in [5.74, 6) is 0.587. The van der Waals surface area contributed by atoms with Crippen LogP contribution in [0.25, 0.3) is 0 Å². The maximum absolute atomic E-state index is 12.7. The zero-order valence-electron chi connectivity index (χ0n) is 20.6. The van der Waals surface area contributed by atoms with E-state index in [1.807, 2.05) is 37.3 Å². The molecule has 2 aliphatic rings. The van der Waals surface area contributed by atoms with Crippen molar-refractivity contribution in [2.45, 2.75) is 37.1 Å². The van der Waals surface area contributed by atoms with Crippen molar-refractivity contribution in [2.75, 3.05) is 32.7 Å². The number of carboxylic acids is 1. The summed E-state index contributed by atoms with van der Waals surface area (Å²) in [5, 5.41) is 10.4. The number of aliphatic carboxylic acids is 1. The fourth-order valence-corrected chi connectivity index (χ4v) is 6.21. The van der Waals surface area contributed by atoms with E-state index in [0.717, 1.165) is 38.3 Å². The molecule has 0 saturated carbocycles. The predicted molar refractivity (Wildman–Crippen MR) is 141 cm³/mol. The van der Waals surface area contributed by atoms with Gasteiger partial charge in [0.15, 0.2) is 0 Å². The summed E-state index contributed by atoms with van der Waals surface area (Å²) in [5.41, 5.74) is 2.59. The van der Waals surface area contributed by atoms with E-state index in [4.69, 9.17) is 0 Å². The summed E-state index contributed by atoms with van der Waals surface area (Å²) in [6.07, 6.45) is 2.38. The molecule has 0 aliphatic carbocycles. The molecule has 5 rings (SSSR count). The molecule has 3 unspecified atom stereocenters. The molecule has 2 aliphatic heterocycles. The van der Waals surface area contributed by atoms with Crippen LogP contribution in [0.15, 0.2) is 91.0 Å². The average molecular weight is 469 g/mol. The molecule has 4 heteroatoms. The fraction of sp³-hybridized carbons (Fsp3) is 0.387. The highest BCUT2D eigenvalue weighted by atomic mass is 16.4. The lowest BCUT2D eigenvalue weighted by molar-refractivity contribution is -0.150. The minimum absolute atomic E-state index is 0.324. The molecule has 0 spiro atoms. The Bertz CT molecular complexity index is 1100. The van der Waals surface area contributed by atoms with Gasteiger partial charge in [-0.25, -0.2) is 4.79 Å². The highest BCUT2D eigenvalue weighted by molar-refractivity contribution is 5.80. The van der Waals surface area contributed by atoms with Crippen LogP contribution in [-0.4, -0.2) is 53.6 Å². The average Bonchev–Trinajstić information content (AvgIpc) is 3.34. The second-order valence-electron chi connectivity index (χ2n) is 10.4. The Kier molecular flexibility index (Phi) is 7.03. The summed E-state index contributed by atoms with van der Waals surface area (Å²) >= 11 is 0. The van der Waals surface area contributed by atoms with Crippen molar-refractivity contribution in [3.63, 3.8) is 0 Å². The number of hydrogen-bond acceptors (Lipinski definition) is 3. The molecule has 2 fully saturated rings. The van der Waals surface area contributed by atoms with Gasteiger partial charge in [0, 0.05) is 25.6 Å². The number of carbonyl (C=O) groups is 1. The van der Waals surface area contributed by atoms with Gasteiger partial charge in [0.25, 0.3) is 0 Å². The zero-order valence-corrected chi connectivity index (χ0v) is 20.6. The van der Waals surface area contributed by atoms with Gasteiger partial charge in [-0.15, -0.1) is 0 Å². The Morgan fingerprint density at radius 2 is 1.37 bits per heavy atom. The smallest absolute Gasteiger partial charge is 0.328 e. The van der Waals surface area contributed by atoms with E-state index in [9.17, 15) is 9.90 Å². The number of likely N-dealkylation sites (tertiary alicyclic amines) is 2. The minimum atomic E-state index is -1.04. The molecule has 4 nitrogen and oxygen atoms in total. The summed E-state index contributed by atoms with van der Waals surface area (Å²) in [4.78, 5) is 17.5. The molecular formula is C31H36N2O2. The van der Waals surface area contributed by atoms with Crippen molar-refractivity contribution in [3.8, 4) is 0 Å². The Morgan fingerprint density at radius 3 is 1.94 bits per heavy atom. The van der Waals surface area contributed by atoms with Crippen LogP contribution in [0.5, 0.6) is 0 Å². The summed E-state index contributed by atoms with van der Waals surface area (Å²) < 4.78 is 0. The monoisotopic (exact) mass is 468 g/mol. The molecule has 2 saturated heterocycles. The lowest BCUT2D eigenvalue weighted by Gasteiger charge is -2.36. The topological polar surface area (TPSA) is 43.8 Å². The maximum atomic E-state index is 12.7. The van der Waals surface area contributed by atoms with Crippen LogP contribution in [0.4, 0.5) is 0 Å². The van der Waals surface area contributed by atoms with Gasteiger partial charge in [-0.2, -0.15) is 0 Å². The molecule has 35 heavy (non-hydrogen) atoms. The van der Waals surface area contributed by atoms with Gasteiger partial charge >= 0.3 is 5.97 Å². The standard InChI is InChI=1S/C31H36N2O2/c1-31(30(34)35,28-15-9-4-10-16-28)33-22-27(29(23-33)26-13-7-3-8-14-26)21-32-19-17-25(18-20-32)24-11-5-2-6-12-24/h2-16,25,27,29H,17-23H2,1H3,(H,34,35). The van der Waals surface area contributed by atoms with Gasteiger partial charge in [0.05, 0.1) is 0 Å². The number of benzene rings is 3. The highest BCUT2D eigenvalue weighted by Gasteiger charge is 2.48. The Morgan fingerprint density at radius 1 is 0.829 bits per heavy atom. The maximum Gasteiger partial charge on any atom is 0.328 e. The third-order valence-electron chi connectivity index (χ3n) is 8.40. The molecule has 0 amide bonds. The predicted octanol–water partition coefficient (Wildman–Crippen LogP) is 5.58. The fourth-order valence-electron chi connectivity index (χ4n) is 6.21. The van der Waals surface area contributed by atoms with Gasteiger partial charge in [-0.05, 0) is 61.4 Å². The first-order chi connectivity index (χ1) is 17.1. The van der Waals surface area contributed by atoms with Crippen LogP contribution >= 0.6 is 0 Å². The first-order valence-corrected chi connectivity index (χ1v) is 12.9. The second kappa shape index (κ2) is 10.3. The minimum Gasteiger partial charge on any atom is -0.480 e. The molecule has 2 heterocycles. The van der Waals surface area contributed by atoms with Crippen molar-refractivity contribution in [1.29, 1.82) is 0 Å². The molecule has 3 atom stereocenters. The van der Waals surface area contributed by atoms with Crippen molar-refractivity contribution < 1.29 is 9.90 Å². The van der Waals surface area contributed by atoms with E-state index in [2.05, 4.69) is 70.5 Å². The first-order valence-electron chi connectivity index (χ1n) is 12.9. The Hall–Kier alpha value is -2.95. The van der Waals surface area contributed by atoms with E-state index in [1.165, 1.54) is 24.0 Å². The lowest BCUT2D eigenvalue weighted by atomic mass is 9.86. The van der Waals surface area contributed by atoms with Crippen molar-refractivity contribution in [1.82, 2.24) is 9.80 Å². The van der Waals surface area contributed by atoms with Crippen LogP contribution in [0.2, 0.25) is 0 Å². The van der Waals surface area contributed by atoms with Gasteiger partial charge in [0.1, 0.15) is 5.54 Å². The van der Waals surface area contributed by atoms with Crippen LogP contribution in [-0.2, 0) is 10.3 Å². The lowest BCUT2D eigenvalue weighted by Crippen LogP contribution is -2.49. The van der Waals surface area contributed by atoms with Crippen LogP contribution in [0.1, 0.15) is 48.3 Å². The second-order valence-corrected chi connectivity index (χ2v) is 10.4. The van der Waals surface area contributed by atoms with E-state index in [1.54, 1.807) is 0 Å². The molecule has 1 N–H and O–H groups in total. The van der Waals surface area contributed by atoms with Crippen molar-refractivity contribution >= 4 is 5.97 Å². The van der Waals surface area contributed by atoms with E-state index in [-0.39, 0.29) is 0 Å².